The fourth-order valence-electron chi connectivity index (χ4n) is 5.88. The van der Waals surface area contributed by atoms with Gasteiger partial charge in [-0.2, -0.15) is 0 Å². The van der Waals surface area contributed by atoms with Crippen LogP contribution >= 0.6 is 9.24 Å². The van der Waals surface area contributed by atoms with Crippen molar-refractivity contribution in [1.82, 2.24) is 0 Å². The van der Waals surface area contributed by atoms with Crippen LogP contribution in [0.4, 0.5) is 0 Å². The Labute approximate surface area is 230 Å². The Morgan fingerprint density at radius 1 is 0.486 bits per heavy atom. The van der Waals surface area contributed by atoms with E-state index in [0.29, 0.717) is 5.92 Å². The van der Waals surface area contributed by atoms with Crippen molar-refractivity contribution >= 4 is 9.24 Å². The second kappa shape index (κ2) is 17.6. The zero-order chi connectivity index (χ0) is 26.0. The third kappa shape index (κ3) is 9.72. The van der Waals surface area contributed by atoms with Crippen molar-refractivity contribution in [1.29, 1.82) is 0 Å². The third-order valence-corrected chi connectivity index (χ3v) is 9.17. The lowest BCUT2D eigenvalue weighted by Gasteiger charge is -2.39. The van der Waals surface area contributed by atoms with Gasteiger partial charge in [0.05, 0.1) is 0 Å². The molecule has 1 heteroatoms. The summed E-state index contributed by atoms with van der Waals surface area (Å²) in [4.78, 5) is 0. The Balaban J connectivity index is 1.51. The number of unbranched alkanes of at least 4 members (excludes halogenated alkanes) is 13. The molecule has 0 heterocycles. The van der Waals surface area contributed by atoms with Crippen molar-refractivity contribution in [3.05, 3.63) is 108 Å². The second-order valence-electron chi connectivity index (χ2n) is 10.9. The van der Waals surface area contributed by atoms with Crippen molar-refractivity contribution in [2.75, 3.05) is 0 Å². The van der Waals surface area contributed by atoms with Crippen LogP contribution in [0.5, 0.6) is 0 Å². The van der Waals surface area contributed by atoms with Gasteiger partial charge in [0, 0.05) is 11.1 Å². The molecule has 2 unspecified atom stereocenters. The fourth-order valence-corrected chi connectivity index (χ4v) is 6.63. The van der Waals surface area contributed by atoms with E-state index in [0.717, 1.165) is 0 Å². The van der Waals surface area contributed by atoms with Gasteiger partial charge in [-0.3, -0.25) is 0 Å². The molecule has 0 aliphatic heterocycles. The highest BCUT2D eigenvalue weighted by atomic mass is 31.0. The van der Waals surface area contributed by atoms with Crippen LogP contribution in [-0.4, -0.2) is 0 Å². The quantitative estimate of drug-likeness (QED) is 0.110. The highest BCUT2D eigenvalue weighted by molar-refractivity contribution is 7.19. The van der Waals surface area contributed by atoms with Crippen molar-refractivity contribution in [3.8, 4) is 0 Å². The SMILES string of the molecule is CCCCCCCCCCCCCCCCC(c1ccccc1)C(P)(c1ccccc1)c1ccccc1. The summed E-state index contributed by atoms with van der Waals surface area (Å²) in [6.45, 7) is 2.30. The zero-order valence-corrected chi connectivity index (χ0v) is 24.6. The number of rotatable bonds is 19. The molecule has 3 aromatic rings. The first-order valence-electron chi connectivity index (χ1n) is 15.2. The summed E-state index contributed by atoms with van der Waals surface area (Å²) in [7, 11) is 3.30. The molecule has 0 N–H and O–H groups in total. The second-order valence-corrected chi connectivity index (χ2v) is 11.9. The van der Waals surface area contributed by atoms with E-state index in [1.54, 1.807) is 0 Å². The number of benzene rings is 3. The smallest absolute Gasteiger partial charge is 0.0412 e. The van der Waals surface area contributed by atoms with Crippen LogP contribution in [0.2, 0.25) is 0 Å². The van der Waals surface area contributed by atoms with E-state index >= 15 is 0 Å². The fraction of sp³-hybridized carbons (Fsp3) is 0.500. The molecule has 0 aliphatic carbocycles. The van der Waals surface area contributed by atoms with Crippen LogP contribution in [-0.2, 0) is 5.16 Å². The van der Waals surface area contributed by atoms with E-state index in [1.165, 1.54) is 113 Å². The van der Waals surface area contributed by atoms with E-state index in [-0.39, 0.29) is 5.16 Å². The Morgan fingerprint density at radius 2 is 0.838 bits per heavy atom. The molecule has 200 valence electrons. The summed E-state index contributed by atoms with van der Waals surface area (Å²) in [6, 6.07) is 33.4. The first-order valence-corrected chi connectivity index (χ1v) is 15.8. The predicted molar refractivity (Wildman–Crippen MR) is 167 cm³/mol. The topological polar surface area (TPSA) is 0 Å². The van der Waals surface area contributed by atoms with Gasteiger partial charge in [-0.1, -0.05) is 188 Å². The van der Waals surface area contributed by atoms with E-state index in [2.05, 4.69) is 107 Å². The molecule has 0 saturated heterocycles. The molecular weight excluding hydrogens is 463 g/mol. The molecule has 0 nitrogen and oxygen atoms in total. The number of hydrogen-bond donors (Lipinski definition) is 0. The van der Waals surface area contributed by atoms with Gasteiger partial charge >= 0.3 is 0 Å². The van der Waals surface area contributed by atoms with Crippen LogP contribution in [0.1, 0.15) is 126 Å². The van der Waals surface area contributed by atoms with Crippen molar-refractivity contribution in [2.45, 2.75) is 114 Å². The Hall–Kier alpha value is -1.91. The van der Waals surface area contributed by atoms with Crippen LogP contribution in [0.15, 0.2) is 91.0 Å². The molecule has 0 aliphatic rings. The first kappa shape index (κ1) is 29.6. The van der Waals surface area contributed by atoms with E-state index in [1.807, 2.05) is 0 Å². The molecule has 0 fully saturated rings. The highest BCUT2D eigenvalue weighted by Crippen LogP contribution is 2.51. The summed E-state index contributed by atoms with van der Waals surface area (Å²) in [5.41, 5.74) is 4.20. The molecule has 0 aromatic heterocycles. The molecular formula is C36H51P. The standard InChI is InChI=1S/C36H51P/c1-2-3-4-5-6-7-8-9-10-11-12-13-14-24-31-35(32-25-18-15-19-26-32)36(37,33-27-20-16-21-28-33)34-29-22-17-23-30-34/h15-23,25-30,35H,2-14,24,31,37H2,1H3. The van der Waals surface area contributed by atoms with Crippen molar-refractivity contribution < 1.29 is 0 Å². The molecule has 3 rings (SSSR count). The normalized spacial score (nSPS) is 12.5. The van der Waals surface area contributed by atoms with Gasteiger partial charge in [0.2, 0.25) is 0 Å². The van der Waals surface area contributed by atoms with Gasteiger partial charge in [-0.15, -0.1) is 9.24 Å². The van der Waals surface area contributed by atoms with E-state index in [9.17, 15) is 0 Å². The first-order chi connectivity index (χ1) is 18.3. The van der Waals surface area contributed by atoms with Crippen molar-refractivity contribution in [2.24, 2.45) is 0 Å². The highest BCUT2D eigenvalue weighted by Gasteiger charge is 2.38. The lowest BCUT2D eigenvalue weighted by atomic mass is 9.74. The molecule has 0 amide bonds. The maximum atomic E-state index is 3.30. The van der Waals surface area contributed by atoms with Gasteiger partial charge in [0.1, 0.15) is 0 Å². The minimum absolute atomic E-state index is 0.138. The predicted octanol–water partition coefficient (Wildman–Crippen LogP) is 11.5. The Morgan fingerprint density at radius 3 is 1.24 bits per heavy atom. The molecule has 37 heavy (non-hydrogen) atoms. The summed E-state index contributed by atoms with van der Waals surface area (Å²) in [5, 5.41) is -0.138. The Kier molecular flexibility index (Phi) is 14.1. The van der Waals surface area contributed by atoms with Gasteiger partial charge in [0.25, 0.3) is 0 Å². The lowest BCUT2D eigenvalue weighted by molar-refractivity contribution is 0.476. The van der Waals surface area contributed by atoms with Crippen LogP contribution in [0, 0.1) is 0 Å². The minimum Gasteiger partial charge on any atom is -0.121 e. The lowest BCUT2D eigenvalue weighted by Crippen LogP contribution is -2.29. The molecule has 3 aromatic carbocycles. The van der Waals surface area contributed by atoms with Crippen LogP contribution in [0.3, 0.4) is 0 Å². The third-order valence-electron chi connectivity index (χ3n) is 8.10. The zero-order valence-electron chi connectivity index (χ0n) is 23.4. The molecule has 0 saturated carbocycles. The molecule has 0 radical (unpaired) electrons. The monoisotopic (exact) mass is 514 g/mol. The Bertz CT molecular complexity index is 895. The van der Waals surface area contributed by atoms with Gasteiger partial charge < -0.3 is 0 Å². The molecule has 2 atom stereocenters. The van der Waals surface area contributed by atoms with Crippen molar-refractivity contribution in [3.63, 3.8) is 0 Å². The minimum atomic E-state index is -0.138. The van der Waals surface area contributed by atoms with E-state index < -0.39 is 0 Å². The summed E-state index contributed by atoms with van der Waals surface area (Å²) < 4.78 is 0. The average molecular weight is 515 g/mol. The largest absolute Gasteiger partial charge is 0.121 e. The van der Waals surface area contributed by atoms with E-state index in [4.69, 9.17) is 0 Å². The van der Waals surface area contributed by atoms with Crippen LogP contribution < -0.4 is 0 Å². The molecule has 0 spiro atoms. The number of hydrogen-bond acceptors (Lipinski definition) is 0. The summed E-state index contributed by atoms with van der Waals surface area (Å²) in [6.07, 6.45) is 20.9. The van der Waals surface area contributed by atoms with Gasteiger partial charge in [-0.25, -0.2) is 0 Å². The summed E-state index contributed by atoms with van der Waals surface area (Å²) in [5.74, 6) is 0.417. The van der Waals surface area contributed by atoms with Crippen LogP contribution in [0.25, 0.3) is 0 Å². The summed E-state index contributed by atoms with van der Waals surface area (Å²) >= 11 is 0. The van der Waals surface area contributed by atoms with Gasteiger partial charge in [-0.05, 0) is 23.1 Å². The molecule has 0 bridgehead atoms. The average Bonchev–Trinajstić information content (AvgIpc) is 2.96. The maximum Gasteiger partial charge on any atom is 0.0412 e. The van der Waals surface area contributed by atoms with Gasteiger partial charge in [0.15, 0.2) is 0 Å². The maximum absolute atomic E-state index is 3.30.